The van der Waals surface area contributed by atoms with E-state index in [-0.39, 0.29) is 5.04 Å². The van der Waals surface area contributed by atoms with Crippen LogP contribution < -0.4 is 0 Å². The van der Waals surface area contributed by atoms with E-state index < -0.39 is 8.24 Å². The summed E-state index contributed by atoms with van der Waals surface area (Å²) >= 11 is 0. The standard InChI is InChI=1S/C6H15N3Si/c1-6(2,3)10(4,5)9-8-7/h1-5H3. The third-order valence-corrected chi connectivity index (χ3v) is 6.39. The topological polar surface area (TPSA) is 48.8 Å². The number of hydrogen-bond donors (Lipinski definition) is 0. The molecule has 0 rings (SSSR count). The van der Waals surface area contributed by atoms with Gasteiger partial charge in [0.15, 0.2) is 8.24 Å². The molecule has 0 N–H and O–H groups in total. The van der Waals surface area contributed by atoms with Crippen LogP contribution in [0.5, 0.6) is 0 Å². The van der Waals surface area contributed by atoms with E-state index in [9.17, 15) is 0 Å². The average molecular weight is 157 g/mol. The van der Waals surface area contributed by atoms with E-state index in [0.29, 0.717) is 0 Å². The molecule has 0 aromatic carbocycles. The second kappa shape index (κ2) is 2.64. The van der Waals surface area contributed by atoms with Gasteiger partial charge >= 0.3 is 0 Å². The van der Waals surface area contributed by atoms with Crippen LogP contribution in [-0.2, 0) is 0 Å². The predicted molar refractivity (Wildman–Crippen MR) is 46.3 cm³/mol. The van der Waals surface area contributed by atoms with E-state index in [1.165, 1.54) is 0 Å². The maximum atomic E-state index is 8.26. The molecule has 0 saturated heterocycles. The van der Waals surface area contributed by atoms with E-state index >= 15 is 0 Å². The van der Waals surface area contributed by atoms with Gasteiger partial charge in [-0.25, -0.2) is 0 Å². The fraction of sp³-hybridized carbons (Fsp3) is 1.00. The molecule has 0 heterocycles. The Kier molecular flexibility index (Phi) is 2.52. The number of nitrogens with zero attached hydrogens (tertiary/aromatic N) is 3. The molecule has 0 fully saturated rings. The number of azide groups is 1. The van der Waals surface area contributed by atoms with Gasteiger partial charge in [-0.3, -0.25) is 0 Å². The quantitative estimate of drug-likeness (QED) is 0.243. The highest BCUT2D eigenvalue weighted by Gasteiger charge is 2.34. The summed E-state index contributed by atoms with van der Waals surface area (Å²) < 4.78 is 3.85. The summed E-state index contributed by atoms with van der Waals surface area (Å²) in [4.78, 5) is 2.86. The summed E-state index contributed by atoms with van der Waals surface area (Å²) in [5, 5.41) is 0.166. The van der Waals surface area contributed by atoms with Crippen LogP contribution in [0.2, 0.25) is 18.1 Å². The van der Waals surface area contributed by atoms with E-state index in [1.807, 2.05) is 0 Å². The van der Waals surface area contributed by atoms with Gasteiger partial charge in [0.25, 0.3) is 0 Å². The normalized spacial score (nSPS) is 12.5. The maximum absolute atomic E-state index is 8.26. The lowest BCUT2D eigenvalue weighted by Gasteiger charge is -2.31. The van der Waals surface area contributed by atoms with Crippen LogP contribution >= 0.6 is 0 Å². The van der Waals surface area contributed by atoms with Crippen molar-refractivity contribution < 1.29 is 0 Å². The Morgan fingerprint density at radius 1 is 1.30 bits per heavy atom. The first-order chi connectivity index (χ1) is 4.31. The Morgan fingerprint density at radius 3 is 1.80 bits per heavy atom. The highest BCUT2D eigenvalue weighted by atomic mass is 28.3. The van der Waals surface area contributed by atoms with Gasteiger partial charge in [-0.1, -0.05) is 33.9 Å². The van der Waals surface area contributed by atoms with E-state index in [1.54, 1.807) is 0 Å². The van der Waals surface area contributed by atoms with Crippen LogP contribution in [0.25, 0.3) is 10.4 Å². The van der Waals surface area contributed by atoms with Crippen molar-refractivity contribution in [2.24, 2.45) is 4.78 Å². The summed E-state index contributed by atoms with van der Waals surface area (Å²) in [7, 11) is -1.70. The van der Waals surface area contributed by atoms with Gasteiger partial charge in [0.1, 0.15) is 0 Å². The van der Waals surface area contributed by atoms with Crippen LogP contribution in [0.1, 0.15) is 20.8 Å². The highest BCUT2D eigenvalue weighted by molar-refractivity contribution is 6.78. The minimum Gasteiger partial charge on any atom is -0.124 e. The van der Waals surface area contributed by atoms with Crippen LogP contribution in [0.15, 0.2) is 4.78 Å². The fourth-order valence-electron chi connectivity index (χ4n) is 0.262. The van der Waals surface area contributed by atoms with Gasteiger partial charge in [0, 0.05) is 0 Å². The van der Waals surface area contributed by atoms with Crippen molar-refractivity contribution >= 4 is 8.24 Å². The molecule has 0 saturated carbocycles. The summed E-state index contributed by atoms with van der Waals surface area (Å²) in [6.07, 6.45) is 0. The zero-order valence-electron chi connectivity index (χ0n) is 7.34. The monoisotopic (exact) mass is 157 g/mol. The SMILES string of the molecule is CC(C)(C)[Si](C)(C)N=[N+]=[N-]. The molecule has 58 valence electrons. The van der Waals surface area contributed by atoms with E-state index in [4.69, 9.17) is 5.53 Å². The van der Waals surface area contributed by atoms with Crippen molar-refractivity contribution in [1.82, 2.24) is 0 Å². The third kappa shape index (κ3) is 2.04. The summed E-state index contributed by atoms with van der Waals surface area (Å²) in [6, 6.07) is 0. The van der Waals surface area contributed by atoms with Gasteiger partial charge in [0.05, 0.1) is 0 Å². The Bertz CT molecular complexity index is 162. The first-order valence-corrected chi connectivity index (χ1v) is 6.32. The fourth-order valence-corrected chi connectivity index (χ4v) is 0.785. The van der Waals surface area contributed by atoms with E-state index in [0.717, 1.165) is 0 Å². The first-order valence-electron chi connectivity index (χ1n) is 3.37. The molecule has 0 radical (unpaired) electrons. The van der Waals surface area contributed by atoms with Crippen LogP contribution in [-0.4, -0.2) is 8.24 Å². The molecule has 0 atom stereocenters. The van der Waals surface area contributed by atoms with Crippen molar-refractivity contribution in [3.05, 3.63) is 10.4 Å². The lowest BCUT2D eigenvalue weighted by atomic mass is 10.2. The average Bonchev–Trinajstić information content (AvgIpc) is 1.61. The molecule has 0 bridgehead atoms. The van der Waals surface area contributed by atoms with Crippen molar-refractivity contribution in [2.75, 3.05) is 0 Å². The first kappa shape index (κ1) is 9.53. The molecule has 0 aromatic rings. The molecule has 0 aromatic heterocycles. The molecular formula is C6H15N3Si. The van der Waals surface area contributed by atoms with Gasteiger partial charge in [-0.05, 0) is 15.5 Å². The van der Waals surface area contributed by atoms with Crippen molar-refractivity contribution in [3.8, 4) is 0 Å². The highest BCUT2D eigenvalue weighted by Crippen LogP contribution is 2.36. The van der Waals surface area contributed by atoms with Gasteiger partial charge < -0.3 is 0 Å². The van der Waals surface area contributed by atoms with Gasteiger partial charge in [0.2, 0.25) is 0 Å². The second-order valence-corrected chi connectivity index (χ2v) is 8.82. The zero-order valence-corrected chi connectivity index (χ0v) is 8.34. The Hall–Kier alpha value is -0.473. The van der Waals surface area contributed by atoms with Gasteiger partial charge in [-0.15, -0.1) is 4.78 Å². The van der Waals surface area contributed by atoms with Crippen molar-refractivity contribution in [1.29, 1.82) is 0 Å². The predicted octanol–water partition coefficient (Wildman–Crippen LogP) is 3.30. The number of rotatable bonds is 1. The smallest absolute Gasteiger partial charge is 0.124 e. The summed E-state index contributed by atoms with van der Waals surface area (Å²) in [6.45, 7) is 10.5. The van der Waals surface area contributed by atoms with Crippen LogP contribution in [0.3, 0.4) is 0 Å². The third-order valence-electron chi connectivity index (χ3n) is 2.13. The van der Waals surface area contributed by atoms with Crippen LogP contribution in [0, 0.1) is 0 Å². The molecule has 0 aliphatic heterocycles. The molecule has 10 heavy (non-hydrogen) atoms. The Labute approximate surface area is 63.2 Å². The Morgan fingerprint density at radius 2 is 1.70 bits per heavy atom. The number of hydrogen-bond acceptors (Lipinski definition) is 1. The minimum atomic E-state index is -1.70. The summed E-state index contributed by atoms with van der Waals surface area (Å²) in [5.41, 5.74) is 8.26. The zero-order chi connectivity index (χ0) is 8.41. The molecular weight excluding hydrogens is 142 g/mol. The largest absolute Gasteiger partial charge is 0.155 e. The second-order valence-electron chi connectivity index (χ2n) is 4.00. The molecule has 0 aliphatic rings. The lowest BCUT2D eigenvalue weighted by Crippen LogP contribution is -2.34. The maximum Gasteiger partial charge on any atom is 0.155 e. The minimum absolute atomic E-state index is 0.166. The van der Waals surface area contributed by atoms with E-state index in [2.05, 4.69) is 43.6 Å². The van der Waals surface area contributed by atoms with Gasteiger partial charge in [-0.2, -0.15) is 0 Å². The molecule has 0 aliphatic carbocycles. The summed E-state index contributed by atoms with van der Waals surface area (Å²) in [5.74, 6) is 0. The molecule has 4 heteroatoms. The molecule has 0 spiro atoms. The van der Waals surface area contributed by atoms with Crippen molar-refractivity contribution in [3.63, 3.8) is 0 Å². The molecule has 0 unspecified atom stereocenters. The Balaban J connectivity index is 4.56. The lowest BCUT2D eigenvalue weighted by molar-refractivity contribution is 0.718. The molecule has 3 nitrogen and oxygen atoms in total. The van der Waals surface area contributed by atoms with Crippen LogP contribution in [0.4, 0.5) is 0 Å². The molecule has 0 amide bonds. The van der Waals surface area contributed by atoms with Crippen molar-refractivity contribution in [2.45, 2.75) is 38.9 Å².